The van der Waals surface area contributed by atoms with Crippen LogP contribution >= 0.6 is 11.5 Å². The third kappa shape index (κ3) is 4.13. The summed E-state index contributed by atoms with van der Waals surface area (Å²) in [5.41, 5.74) is 3.68. The van der Waals surface area contributed by atoms with Crippen molar-refractivity contribution in [1.29, 1.82) is 0 Å². The number of aliphatic hydroxyl groups is 1. The molecule has 1 aromatic heterocycles. The molecule has 108 valence electrons. The molecule has 0 fully saturated rings. The Morgan fingerprint density at radius 3 is 2.75 bits per heavy atom. The van der Waals surface area contributed by atoms with Crippen LogP contribution in [0, 0.1) is 12.8 Å². The molecule has 0 aliphatic carbocycles. The van der Waals surface area contributed by atoms with E-state index in [0.29, 0.717) is 0 Å². The zero-order valence-electron chi connectivity index (χ0n) is 12.0. The number of benzene rings is 1. The van der Waals surface area contributed by atoms with E-state index in [9.17, 15) is 5.11 Å². The van der Waals surface area contributed by atoms with Crippen molar-refractivity contribution >= 4 is 11.5 Å². The van der Waals surface area contributed by atoms with Gasteiger partial charge in [-0.3, -0.25) is 0 Å². The first-order valence-electron chi connectivity index (χ1n) is 6.99. The van der Waals surface area contributed by atoms with E-state index in [1.807, 2.05) is 11.4 Å². The first-order valence-corrected chi connectivity index (χ1v) is 7.83. The lowest BCUT2D eigenvalue weighted by Crippen LogP contribution is -2.29. The summed E-state index contributed by atoms with van der Waals surface area (Å²) in [5, 5.41) is 15.0. The predicted octanol–water partition coefficient (Wildman–Crippen LogP) is 2.95. The Kier molecular flexibility index (Phi) is 5.71. The molecule has 0 spiro atoms. The summed E-state index contributed by atoms with van der Waals surface area (Å²) in [6, 6.07) is 10.6. The first kappa shape index (κ1) is 15.2. The number of aryl methyl sites for hydroxylation is 1. The summed E-state index contributed by atoms with van der Waals surface area (Å²) in [4.78, 5) is 0. The number of aliphatic hydroxyl groups excluding tert-OH is 1. The van der Waals surface area contributed by atoms with E-state index in [-0.39, 0.29) is 18.6 Å². The third-order valence-corrected chi connectivity index (χ3v) is 4.22. The van der Waals surface area contributed by atoms with E-state index in [4.69, 9.17) is 0 Å². The standard InChI is InChI=1S/C16H22N2OS/c1-12-5-3-4-6-15(12)9-14(11-19)10-17-13(2)16-7-8-20-18-16/h3-8,13-14,17,19H,9-11H2,1-2H3. The normalized spacial score (nSPS) is 14.2. The molecule has 0 saturated heterocycles. The number of rotatable bonds is 7. The van der Waals surface area contributed by atoms with Crippen molar-refractivity contribution in [2.75, 3.05) is 13.2 Å². The summed E-state index contributed by atoms with van der Waals surface area (Å²) in [6.45, 7) is 5.22. The maximum absolute atomic E-state index is 9.57. The van der Waals surface area contributed by atoms with Crippen molar-refractivity contribution < 1.29 is 5.11 Å². The van der Waals surface area contributed by atoms with E-state index in [2.05, 4.69) is 47.8 Å². The molecule has 2 aromatic rings. The minimum atomic E-state index is 0.200. The third-order valence-electron chi connectivity index (χ3n) is 3.64. The number of aromatic nitrogens is 1. The minimum absolute atomic E-state index is 0.200. The van der Waals surface area contributed by atoms with Gasteiger partial charge in [-0.25, -0.2) is 0 Å². The maximum atomic E-state index is 9.57. The second kappa shape index (κ2) is 7.53. The zero-order valence-corrected chi connectivity index (χ0v) is 12.9. The molecule has 1 aromatic carbocycles. The summed E-state index contributed by atoms with van der Waals surface area (Å²) >= 11 is 1.47. The van der Waals surface area contributed by atoms with Crippen LogP contribution in [0.5, 0.6) is 0 Å². The molecule has 0 aliphatic heterocycles. The Morgan fingerprint density at radius 2 is 2.10 bits per heavy atom. The molecule has 0 bridgehead atoms. The second-order valence-electron chi connectivity index (χ2n) is 5.23. The Hall–Kier alpha value is -1.23. The van der Waals surface area contributed by atoms with Gasteiger partial charge >= 0.3 is 0 Å². The highest BCUT2D eigenvalue weighted by Crippen LogP contribution is 2.15. The summed E-state index contributed by atoms with van der Waals surface area (Å²) < 4.78 is 4.33. The van der Waals surface area contributed by atoms with Crippen LogP contribution in [-0.4, -0.2) is 22.6 Å². The van der Waals surface area contributed by atoms with Crippen LogP contribution in [0.1, 0.15) is 29.8 Å². The van der Waals surface area contributed by atoms with Crippen LogP contribution in [-0.2, 0) is 6.42 Å². The lowest BCUT2D eigenvalue weighted by atomic mass is 9.96. The van der Waals surface area contributed by atoms with Crippen molar-refractivity contribution in [2.45, 2.75) is 26.3 Å². The van der Waals surface area contributed by atoms with E-state index in [1.165, 1.54) is 22.7 Å². The fraction of sp³-hybridized carbons (Fsp3) is 0.438. The minimum Gasteiger partial charge on any atom is -0.396 e. The van der Waals surface area contributed by atoms with E-state index in [0.717, 1.165) is 18.7 Å². The summed E-state index contributed by atoms with van der Waals surface area (Å²) in [5.74, 6) is 0.234. The molecule has 1 heterocycles. The van der Waals surface area contributed by atoms with Gasteiger partial charge in [-0.1, -0.05) is 24.3 Å². The molecule has 0 saturated carbocycles. The van der Waals surface area contributed by atoms with Gasteiger partial charge in [-0.15, -0.1) is 0 Å². The van der Waals surface area contributed by atoms with E-state index < -0.39 is 0 Å². The van der Waals surface area contributed by atoms with Crippen molar-refractivity contribution in [1.82, 2.24) is 9.69 Å². The SMILES string of the molecule is Cc1ccccc1CC(CO)CNC(C)c1ccsn1. The average Bonchev–Trinajstić information content (AvgIpc) is 2.99. The molecule has 2 rings (SSSR count). The van der Waals surface area contributed by atoms with Gasteiger partial charge in [-0.2, -0.15) is 4.37 Å². The molecular weight excluding hydrogens is 268 g/mol. The van der Waals surface area contributed by atoms with Crippen LogP contribution < -0.4 is 5.32 Å². The smallest absolute Gasteiger partial charge is 0.0708 e. The molecular formula is C16H22N2OS. The Morgan fingerprint density at radius 1 is 1.30 bits per heavy atom. The highest BCUT2D eigenvalue weighted by Gasteiger charge is 2.13. The van der Waals surface area contributed by atoms with Gasteiger partial charge in [0.15, 0.2) is 0 Å². The summed E-state index contributed by atoms with van der Waals surface area (Å²) in [6.07, 6.45) is 0.903. The molecule has 2 atom stereocenters. The second-order valence-corrected chi connectivity index (χ2v) is 5.90. The molecule has 0 amide bonds. The van der Waals surface area contributed by atoms with Crippen LogP contribution in [0.4, 0.5) is 0 Å². The number of hydrogen-bond acceptors (Lipinski definition) is 4. The van der Waals surface area contributed by atoms with Gasteiger partial charge in [0.2, 0.25) is 0 Å². The van der Waals surface area contributed by atoms with E-state index >= 15 is 0 Å². The number of hydrogen-bond donors (Lipinski definition) is 2. The summed E-state index contributed by atoms with van der Waals surface area (Å²) in [7, 11) is 0. The fourth-order valence-corrected chi connectivity index (χ4v) is 2.85. The molecule has 0 aliphatic rings. The van der Waals surface area contributed by atoms with Gasteiger partial charge in [0.25, 0.3) is 0 Å². The topological polar surface area (TPSA) is 45.1 Å². The largest absolute Gasteiger partial charge is 0.396 e. The first-order chi connectivity index (χ1) is 9.70. The van der Waals surface area contributed by atoms with Crippen molar-refractivity contribution in [2.24, 2.45) is 5.92 Å². The fourth-order valence-electron chi connectivity index (χ4n) is 2.24. The van der Waals surface area contributed by atoms with Crippen LogP contribution in [0.25, 0.3) is 0 Å². The maximum Gasteiger partial charge on any atom is 0.0708 e. The number of nitrogens with zero attached hydrogens (tertiary/aromatic N) is 1. The lowest BCUT2D eigenvalue weighted by molar-refractivity contribution is 0.218. The number of nitrogens with one attached hydrogen (secondary N) is 1. The average molecular weight is 290 g/mol. The zero-order chi connectivity index (χ0) is 14.4. The Bertz CT molecular complexity index is 513. The Labute approximate surface area is 124 Å². The Balaban J connectivity index is 1.88. The van der Waals surface area contributed by atoms with Crippen LogP contribution in [0.2, 0.25) is 0 Å². The van der Waals surface area contributed by atoms with Crippen LogP contribution in [0.3, 0.4) is 0 Å². The lowest BCUT2D eigenvalue weighted by Gasteiger charge is -2.19. The van der Waals surface area contributed by atoms with Crippen molar-refractivity contribution in [3.8, 4) is 0 Å². The predicted molar refractivity (Wildman–Crippen MR) is 84.0 cm³/mol. The van der Waals surface area contributed by atoms with Gasteiger partial charge in [0.05, 0.1) is 5.69 Å². The van der Waals surface area contributed by atoms with E-state index in [1.54, 1.807) is 0 Å². The quantitative estimate of drug-likeness (QED) is 0.824. The monoisotopic (exact) mass is 290 g/mol. The molecule has 3 nitrogen and oxygen atoms in total. The van der Waals surface area contributed by atoms with Gasteiger partial charge in [0, 0.05) is 24.6 Å². The van der Waals surface area contributed by atoms with Gasteiger partial charge < -0.3 is 10.4 Å². The van der Waals surface area contributed by atoms with Gasteiger partial charge in [0.1, 0.15) is 0 Å². The molecule has 0 radical (unpaired) electrons. The highest BCUT2D eigenvalue weighted by atomic mass is 32.1. The molecule has 2 N–H and O–H groups in total. The van der Waals surface area contributed by atoms with Gasteiger partial charge in [-0.05, 0) is 54.9 Å². The molecule has 4 heteroatoms. The molecule has 20 heavy (non-hydrogen) atoms. The van der Waals surface area contributed by atoms with Crippen molar-refractivity contribution in [3.63, 3.8) is 0 Å². The van der Waals surface area contributed by atoms with Crippen molar-refractivity contribution in [3.05, 3.63) is 52.5 Å². The molecule has 2 unspecified atom stereocenters. The highest BCUT2D eigenvalue weighted by molar-refractivity contribution is 7.03. The van der Waals surface area contributed by atoms with Crippen LogP contribution in [0.15, 0.2) is 35.7 Å².